The van der Waals surface area contributed by atoms with Gasteiger partial charge in [-0.2, -0.15) is 13.2 Å². The summed E-state index contributed by atoms with van der Waals surface area (Å²) in [7, 11) is 0. The molecular weight excluding hydrogens is 480 g/mol. The van der Waals surface area contributed by atoms with Gasteiger partial charge in [0, 0.05) is 18.5 Å². The van der Waals surface area contributed by atoms with Crippen molar-refractivity contribution < 1.29 is 37.0 Å². The molecule has 0 spiro atoms. The van der Waals surface area contributed by atoms with E-state index >= 15 is 0 Å². The Hall–Kier alpha value is -3.14. The van der Waals surface area contributed by atoms with Gasteiger partial charge < -0.3 is 20.5 Å². The van der Waals surface area contributed by atoms with Gasteiger partial charge in [-0.3, -0.25) is 9.59 Å². The van der Waals surface area contributed by atoms with E-state index in [1.807, 2.05) is 0 Å². The van der Waals surface area contributed by atoms with Crippen molar-refractivity contribution >= 4 is 11.8 Å². The largest absolute Gasteiger partial charge is 0.491 e. The quantitative estimate of drug-likeness (QED) is 0.147. The number of hydrogen-bond donors (Lipinski definition) is 3. The van der Waals surface area contributed by atoms with Gasteiger partial charge in [-0.15, -0.1) is 6.58 Å². The third-order valence-corrected chi connectivity index (χ3v) is 6.04. The molecule has 0 aromatic carbocycles. The number of aliphatic hydroxyl groups excluding tert-OH is 1. The van der Waals surface area contributed by atoms with E-state index in [0.29, 0.717) is 29.6 Å². The average molecular weight is 513 g/mol. The summed E-state index contributed by atoms with van der Waals surface area (Å²) in [4.78, 5) is 24.3. The van der Waals surface area contributed by atoms with Crippen LogP contribution >= 0.6 is 0 Å². The molecule has 0 aliphatic heterocycles. The van der Waals surface area contributed by atoms with Crippen LogP contribution < -0.4 is 10.6 Å². The number of nitrogens with one attached hydrogen (secondary N) is 2. The first-order valence-electron chi connectivity index (χ1n) is 11.6. The van der Waals surface area contributed by atoms with E-state index in [-0.39, 0.29) is 38.3 Å². The molecule has 1 saturated carbocycles. The van der Waals surface area contributed by atoms with E-state index in [2.05, 4.69) is 23.8 Å². The molecule has 0 aromatic heterocycles. The number of fused-ring (bicyclic) bond motifs is 3. The summed E-state index contributed by atoms with van der Waals surface area (Å²) in [5.74, 6) is -1.67. The minimum absolute atomic E-state index is 0.0372. The topological polar surface area (TPSA) is 87.7 Å². The van der Waals surface area contributed by atoms with Gasteiger partial charge in [-0.1, -0.05) is 36.0 Å². The normalized spacial score (nSPS) is 19.6. The fraction of sp³-hybridized carbons (Fsp3) is 0.462. The Morgan fingerprint density at radius 1 is 1.31 bits per heavy atom. The van der Waals surface area contributed by atoms with Crippen molar-refractivity contribution in [2.45, 2.75) is 57.3 Å². The van der Waals surface area contributed by atoms with Crippen LogP contribution in [0, 0.1) is 5.92 Å². The standard InChI is InChI=1S/C26H32F4N2O4/c1-4-21(32-25(35)15-36-9-5-6-16(2)17(3)27)12-22(33)13-24(34)31-14-20-10-19-8-7-18(20)11-23(19)26(28,29)30/h4-6,9,11,20-22,33H,1,3,7-8,10,12-15H2,2H3,(H,31,34)(H,32,35)/b9-5+,16-6-. The second-order valence-electron chi connectivity index (χ2n) is 8.84. The van der Waals surface area contributed by atoms with E-state index in [1.54, 1.807) is 0 Å². The first-order valence-corrected chi connectivity index (χ1v) is 11.6. The van der Waals surface area contributed by atoms with Crippen LogP contribution in [0.25, 0.3) is 0 Å². The Morgan fingerprint density at radius 2 is 2.03 bits per heavy atom. The third-order valence-electron chi connectivity index (χ3n) is 6.04. The predicted octanol–water partition coefficient (Wildman–Crippen LogP) is 4.47. The number of allylic oxidation sites excluding steroid dienone is 7. The molecule has 3 aliphatic carbocycles. The Morgan fingerprint density at radius 3 is 2.61 bits per heavy atom. The molecule has 198 valence electrons. The molecule has 3 unspecified atom stereocenters. The molecule has 10 heteroatoms. The number of ether oxygens (including phenoxy) is 1. The molecule has 3 rings (SSSR count). The summed E-state index contributed by atoms with van der Waals surface area (Å²) < 4.78 is 57.1. The predicted molar refractivity (Wildman–Crippen MR) is 128 cm³/mol. The second kappa shape index (κ2) is 13.2. The zero-order valence-corrected chi connectivity index (χ0v) is 20.2. The van der Waals surface area contributed by atoms with Crippen molar-refractivity contribution in [3.05, 3.63) is 71.8 Å². The van der Waals surface area contributed by atoms with Gasteiger partial charge in [0.2, 0.25) is 5.91 Å². The van der Waals surface area contributed by atoms with Gasteiger partial charge in [-0.05, 0) is 44.3 Å². The highest BCUT2D eigenvalue weighted by atomic mass is 19.4. The van der Waals surface area contributed by atoms with Crippen LogP contribution in [0.1, 0.15) is 39.0 Å². The maximum absolute atomic E-state index is 13.1. The van der Waals surface area contributed by atoms with Gasteiger partial charge in [0.05, 0.1) is 24.4 Å². The minimum Gasteiger partial charge on any atom is -0.491 e. The van der Waals surface area contributed by atoms with Gasteiger partial charge in [0.15, 0.2) is 6.61 Å². The number of aliphatic hydroxyl groups is 1. The smallest absolute Gasteiger partial charge is 0.416 e. The van der Waals surface area contributed by atoms with Crippen molar-refractivity contribution in [2.75, 3.05) is 13.2 Å². The molecule has 2 amide bonds. The maximum atomic E-state index is 13.1. The number of alkyl halides is 3. The number of hydrogen-bond acceptors (Lipinski definition) is 4. The number of carbonyl (C=O) groups excluding carboxylic acids is 2. The van der Waals surface area contributed by atoms with E-state index < -0.39 is 41.5 Å². The highest BCUT2D eigenvalue weighted by Gasteiger charge is 2.40. The number of carbonyl (C=O) groups is 2. The molecule has 0 radical (unpaired) electrons. The minimum atomic E-state index is -4.36. The van der Waals surface area contributed by atoms with E-state index in [9.17, 15) is 32.3 Å². The van der Waals surface area contributed by atoms with Crippen LogP contribution in [0.5, 0.6) is 0 Å². The summed E-state index contributed by atoms with van der Waals surface area (Å²) in [5.41, 5.74) is 0.817. The van der Waals surface area contributed by atoms with Crippen molar-refractivity contribution in [1.29, 1.82) is 0 Å². The van der Waals surface area contributed by atoms with Crippen LogP contribution in [-0.4, -0.2) is 48.4 Å². The molecule has 0 aromatic rings. The maximum Gasteiger partial charge on any atom is 0.416 e. The lowest BCUT2D eigenvalue weighted by Crippen LogP contribution is -2.39. The van der Waals surface area contributed by atoms with Crippen molar-refractivity contribution in [2.24, 2.45) is 5.92 Å². The molecular formula is C26H32F4N2O4. The Balaban J connectivity index is 1.71. The zero-order chi connectivity index (χ0) is 26.9. The lowest BCUT2D eigenvalue weighted by Gasteiger charge is -2.34. The summed E-state index contributed by atoms with van der Waals surface area (Å²) >= 11 is 0. The van der Waals surface area contributed by atoms with E-state index in [0.717, 1.165) is 0 Å². The van der Waals surface area contributed by atoms with Crippen molar-refractivity contribution in [3.63, 3.8) is 0 Å². The number of amides is 2. The van der Waals surface area contributed by atoms with Crippen LogP contribution in [-0.2, 0) is 14.3 Å². The first-order chi connectivity index (χ1) is 16.9. The Labute approximate surface area is 208 Å². The van der Waals surface area contributed by atoms with Gasteiger partial charge in [0.25, 0.3) is 5.91 Å². The van der Waals surface area contributed by atoms with Crippen LogP contribution in [0.2, 0.25) is 0 Å². The second-order valence-corrected chi connectivity index (χ2v) is 8.84. The van der Waals surface area contributed by atoms with E-state index in [4.69, 9.17) is 4.74 Å². The lowest BCUT2D eigenvalue weighted by atomic mass is 9.74. The fourth-order valence-corrected chi connectivity index (χ4v) is 4.05. The summed E-state index contributed by atoms with van der Waals surface area (Å²) in [5, 5.41) is 15.5. The molecule has 36 heavy (non-hydrogen) atoms. The lowest BCUT2D eigenvalue weighted by molar-refractivity contribution is -0.124. The SMILES string of the molecule is C=CC(CC(O)CC(=O)NCC1CC2=C(C(F)(F)F)C=C1CC2)NC(=O)CO/C=C/C=C(/C)C(=C)F. The first kappa shape index (κ1) is 29.1. The monoisotopic (exact) mass is 512 g/mol. The number of rotatable bonds is 13. The Kier molecular flexibility index (Phi) is 10.7. The number of halogens is 4. The van der Waals surface area contributed by atoms with Crippen LogP contribution in [0.3, 0.4) is 0 Å². The highest BCUT2D eigenvalue weighted by molar-refractivity contribution is 5.78. The molecule has 6 nitrogen and oxygen atoms in total. The summed E-state index contributed by atoms with van der Waals surface area (Å²) in [6.45, 7) is 8.18. The van der Waals surface area contributed by atoms with Gasteiger partial charge in [0.1, 0.15) is 5.83 Å². The van der Waals surface area contributed by atoms with Crippen LogP contribution in [0.15, 0.2) is 71.8 Å². The molecule has 3 atom stereocenters. The van der Waals surface area contributed by atoms with Crippen molar-refractivity contribution in [1.82, 2.24) is 10.6 Å². The van der Waals surface area contributed by atoms with Gasteiger partial charge in [-0.25, -0.2) is 4.39 Å². The fourth-order valence-electron chi connectivity index (χ4n) is 4.05. The molecule has 0 heterocycles. The molecule has 0 saturated heterocycles. The summed E-state index contributed by atoms with van der Waals surface area (Å²) in [6.07, 6.45) is 2.29. The third kappa shape index (κ3) is 9.14. The van der Waals surface area contributed by atoms with Crippen LogP contribution in [0.4, 0.5) is 17.6 Å². The molecule has 3 N–H and O–H groups in total. The van der Waals surface area contributed by atoms with E-state index in [1.165, 1.54) is 37.5 Å². The molecule has 2 bridgehead atoms. The summed E-state index contributed by atoms with van der Waals surface area (Å²) in [6, 6.07) is -0.614. The zero-order valence-electron chi connectivity index (χ0n) is 20.2. The average Bonchev–Trinajstić information content (AvgIpc) is 2.81. The molecule has 1 fully saturated rings. The Bertz CT molecular complexity index is 979. The van der Waals surface area contributed by atoms with Crippen molar-refractivity contribution in [3.8, 4) is 0 Å². The molecule has 3 aliphatic rings. The van der Waals surface area contributed by atoms with Gasteiger partial charge >= 0.3 is 6.18 Å². The highest BCUT2D eigenvalue weighted by Crippen LogP contribution is 2.45.